The molecule has 0 radical (unpaired) electrons. The first kappa shape index (κ1) is 15.3. The van der Waals surface area contributed by atoms with Crippen molar-refractivity contribution in [2.75, 3.05) is 6.54 Å². The molecule has 0 bridgehead atoms. The third-order valence-electron chi connectivity index (χ3n) is 3.35. The molecule has 108 valence electrons. The van der Waals surface area contributed by atoms with Gasteiger partial charge in [-0.1, -0.05) is 19.3 Å². The third kappa shape index (κ3) is 6.08. The highest BCUT2D eigenvalue weighted by molar-refractivity contribution is 5.83. The van der Waals surface area contributed by atoms with Crippen LogP contribution in [0.1, 0.15) is 38.5 Å². The van der Waals surface area contributed by atoms with E-state index in [4.69, 9.17) is 10.8 Å². The Hall–Kier alpha value is -1.79. The molecule has 0 aromatic heterocycles. The van der Waals surface area contributed by atoms with E-state index in [9.17, 15) is 14.4 Å². The van der Waals surface area contributed by atoms with Crippen molar-refractivity contribution >= 4 is 17.9 Å². The molecule has 1 aliphatic rings. The standard InChI is InChI=1S/C12H21N3O4/c13-10(16)5-4-9(11(17)18)15-12(19)14-7-6-8-2-1-3-8/h8-9H,1-7H2,(H2,13,16)(H,17,18)(H2,14,15,19). The molecule has 7 nitrogen and oxygen atoms in total. The van der Waals surface area contributed by atoms with Crippen molar-refractivity contribution in [1.29, 1.82) is 0 Å². The zero-order chi connectivity index (χ0) is 14.3. The summed E-state index contributed by atoms with van der Waals surface area (Å²) in [7, 11) is 0. The second-order valence-corrected chi connectivity index (χ2v) is 4.88. The van der Waals surface area contributed by atoms with Crippen molar-refractivity contribution in [3.8, 4) is 0 Å². The number of hydrogen-bond donors (Lipinski definition) is 4. The van der Waals surface area contributed by atoms with Crippen LogP contribution in [0.25, 0.3) is 0 Å². The first-order valence-electron chi connectivity index (χ1n) is 6.54. The van der Waals surface area contributed by atoms with Gasteiger partial charge in [-0.15, -0.1) is 0 Å². The minimum atomic E-state index is -1.17. The number of carbonyl (C=O) groups is 3. The van der Waals surface area contributed by atoms with Gasteiger partial charge < -0.3 is 21.5 Å². The Bertz CT molecular complexity index is 342. The molecule has 0 aromatic rings. The van der Waals surface area contributed by atoms with Crippen LogP contribution in [0.5, 0.6) is 0 Å². The fourth-order valence-corrected chi connectivity index (χ4v) is 1.92. The molecule has 0 spiro atoms. The fraction of sp³-hybridized carbons (Fsp3) is 0.750. The molecule has 0 aromatic carbocycles. The van der Waals surface area contributed by atoms with Gasteiger partial charge in [-0.25, -0.2) is 9.59 Å². The molecule has 5 N–H and O–H groups in total. The van der Waals surface area contributed by atoms with Gasteiger partial charge in [0, 0.05) is 13.0 Å². The van der Waals surface area contributed by atoms with E-state index in [2.05, 4.69) is 10.6 Å². The summed E-state index contributed by atoms with van der Waals surface area (Å²) in [6.07, 6.45) is 4.52. The van der Waals surface area contributed by atoms with Gasteiger partial charge in [-0.05, 0) is 18.8 Å². The summed E-state index contributed by atoms with van der Waals surface area (Å²) < 4.78 is 0. The van der Waals surface area contributed by atoms with Gasteiger partial charge in [0.2, 0.25) is 5.91 Å². The number of nitrogens with one attached hydrogen (secondary N) is 2. The largest absolute Gasteiger partial charge is 0.480 e. The minimum Gasteiger partial charge on any atom is -0.480 e. The highest BCUT2D eigenvalue weighted by atomic mass is 16.4. The van der Waals surface area contributed by atoms with Crippen LogP contribution in [-0.2, 0) is 9.59 Å². The minimum absolute atomic E-state index is 0.000706. The van der Waals surface area contributed by atoms with E-state index in [-0.39, 0.29) is 12.8 Å². The molecular formula is C12H21N3O4. The second-order valence-electron chi connectivity index (χ2n) is 4.88. The molecular weight excluding hydrogens is 250 g/mol. The summed E-state index contributed by atoms with van der Waals surface area (Å²) >= 11 is 0. The summed E-state index contributed by atoms with van der Waals surface area (Å²) in [5, 5.41) is 13.9. The van der Waals surface area contributed by atoms with E-state index >= 15 is 0 Å². The molecule has 1 unspecified atom stereocenters. The normalized spacial score (nSPS) is 16.2. The molecule has 0 aliphatic heterocycles. The lowest BCUT2D eigenvalue weighted by Gasteiger charge is -2.25. The van der Waals surface area contributed by atoms with Gasteiger partial charge in [-0.2, -0.15) is 0 Å². The number of amides is 3. The molecule has 1 fully saturated rings. The van der Waals surface area contributed by atoms with Crippen LogP contribution in [0, 0.1) is 5.92 Å². The number of primary amides is 1. The Morgan fingerprint density at radius 2 is 2.00 bits per heavy atom. The molecule has 1 saturated carbocycles. The maximum absolute atomic E-state index is 11.5. The van der Waals surface area contributed by atoms with Crippen LogP contribution < -0.4 is 16.4 Å². The molecule has 1 atom stereocenters. The molecule has 1 aliphatic carbocycles. The molecule has 1 rings (SSSR count). The summed E-state index contributed by atoms with van der Waals surface area (Å²) in [5.74, 6) is -1.07. The van der Waals surface area contributed by atoms with Crippen LogP contribution >= 0.6 is 0 Å². The Morgan fingerprint density at radius 1 is 1.32 bits per heavy atom. The Kier molecular flexibility index (Phi) is 6.11. The van der Waals surface area contributed by atoms with Crippen molar-refractivity contribution in [3.05, 3.63) is 0 Å². The van der Waals surface area contributed by atoms with Gasteiger partial charge in [0.25, 0.3) is 0 Å². The summed E-state index contributed by atoms with van der Waals surface area (Å²) in [6.45, 7) is 0.540. The van der Waals surface area contributed by atoms with Crippen LogP contribution in [-0.4, -0.2) is 35.6 Å². The molecule has 19 heavy (non-hydrogen) atoms. The Labute approximate surface area is 111 Å². The quantitative estimate of drug-likeness (QED) is 0.503. The predicted molar refractivity (Wildman–Crippen MR) is 68.3 cm³/mol. The number of aliphatic carboxylic acids is 1. The molecule has 3 amide bonds. The number of carboxylic acids is 1. The molecule has 0 heterocycles. The summed E-state index contributed by atoms with van der Waals surface area (Å²) in [6, 6.07) is -1.60. The zero-order valence-electron chi connectivity index (χ0n) is 10.9. The lowest BCUT2D eigenvalue weighted by molar-refractivity contribution is -0.139. The monoisotopic (exact) mass is 271 g/mol. The van der Waals surface area contributed by atoms with E-state index in [1.54, 1.807) is 0 Å². The van der Waals surface area contributed by atoms with E-state index in [1.807, 2.05) is 0 Å². The number of urea groups is 1. The van der Waals surface area contributed by atoms with E-state index in [0.717, 1.165) is 6.42 Å². The molecule has 0 saturated heterocycles. The van der Waals surface area contributed by atoms with Gasteiger partial charge in [-0.3, -0.25) is 4.79 Å². The summed E-state index contributed by atoms with van der Waals surface area (Å²) in [4.78, 5) is 33.0. The van der Waals surface area contributed by atoms with Gasteiger partial charge in [0.1, 0.15) is 6.04 Å². The van der Waals surface area contributed by atoms with Crippen LogP contribution in [0.4, 0.5) is 4.79 Å². The highest BCUT2D eigenvalue weighted by Gasteiger charge is 2.21. The average Bonchev–Trinajstić information content (AvgIpc) is 2.27. The summed E-state index contributed by atoms with van der Waals surface area (Å²) in [5.41, 5.74) is 4.95. The van der Waals surface area contributed by atoms with Crippen molar-refractivity contribution in [2.24, 2.45) is 11.7 Å². The van der Waals surface area contributed by atoms with Gasteiger partial charge >= 0.3 is 12.0 Å². The number of nitrogens with two attached hydrogens (primary N) is 1. The van der Waals surface area contributed by atoms with E-state index < -0.39 is 23.9 Å². The van der Waals surface area contributed by atoms with Crippen LogP contribution in [0.3, 0.4) is 0 Å². The first-order valence-corrected chi connectivity index (χ1v) is 6.54. The van der Waals surface area contributed by atoms with E-state index in [1.165, 1.54) is 19.3 Å². The van der Waals surface area contributed by atoms with Gasteiger partial charge in [0.05, 0.1) is 0 Å². The second kappa shape index (κ2) is 7.60. The topological polar surface area (TPSA) is 122 Å². The van der Waals surface area contributed by atoms with E-state index in [0.29, 0.717) is 12.5 Å². The smallest absolute Gasteiger partial charge is 0.326 e. The number of carboxylic acid groups (broad SMARTS) is 1. The van der Waals surface area contributed by atoms with Crippen LogP contribution in [0.2, 0.25) is 0 Å². The maximum Gasteiger partial charge on any atom is 0.326 e. The number of carbonyl (C=O) groups excluding carboxylic acids is 2. The lowest BCUT2D eigenvalue weighted by atomic mass is 9.83. The maximum atomic E-state index is 11.5. The average molecular weight is 271 g/mol. The fourth-order valence-electron chi connectivity index (χ4n) is 1.92. The highest BCUT2D eigenvalue weighted by Crippen LogP contribution is 2.28. The number of rotatable bonds is 8. The predicted octanol–water partition coefficient (Wildman–Crippen LogP) is 0.194. The third-order valence-corrected chi connectivity index (χ3v) is 3.35. The van der Waals surface area contributed by atoms with Crippen molar-refractivity contribution < 1.29 is 19.5 Å². The SMILES string of the molecule is NC(=O)CCC(NC(=O)NCCC1CCC1)C(=O)O. The van der Waals surface area contributed by atoms with Crippen molar-refractivity contribution in [1.82, 2.24) is 10.6 Å². The Balaban J connectivity index is 2.21. The zero-order valence-corrected chi connectivity index (χ0v) is 10.9. The van der Waals surface area contributed by atoms with Crippen molar-refractivity contribution in [3.63, 3.8) is 0 Å². The van der Waals surface area contributed by atoms with Crippen molar-refractivity contribution in [2.45, 2.75) is 44.6 Å². The first-order chi connectivity index (χ1) is 8.99. The lowest BCUT2D eigenvalue weighted by Crippen LogP contribution is -2.46. The molecule has 7 heteroatoms. The van der Waals surface area contributed by atoms with Crippen LogP contribution in [0.15, 0.2) is 0 Å². The van der Waals surface area contributed by atoms with Gasteiger partial charge in [0.15, 0.2) is 0 Å². The number of hydrogen-bond acceptors (Lipinski definition) is 3. The Morgan fingerprint density at radius 3 is 2.47 bits per heavy atom.